The minimum atomic E-state index is 0.190. The van der Waals surface area contributed by atoms with Crippen LogP contribution in [0.5, 0.6) is 17.6 Å². The third kappa shape index (κ3) is 2.50. The van der Waals surface area contributed by atoms with Crippen molar-refractivity contribution in [2.24, 2.45) is 0 Å². The van der Waals surface area contributed by atoms with Crippen LogP contribution in [-0.4, -0.2) is 12.1 Å². The predicted octanol–water partition coefficient (Wildman–Crippen LogP) is 3.24. The average Bonchev–Trinajstić information content (AvgIpc) is 2.64. The van der Waals surface area contributed by atoms with E-state index in [9.17, 15) is 0 Å². The van der Waals surface area contributed by atoms with Crippen molar-refractivity contribution in [3.63, 3.8) is 0 Å². The first-order valence-electron chi connectivity index (χ1n) is 4.21. The van der Waals surface area contributed by atoms with Gasteiger partial charge < -0.3 is 13.9 Å². The van der Waals surface area contributed by atoms with E-state index in [0.717, 1.165) is 5.75 Å². The lowest BCUT2D eigenvalue weighted by Crippen LogP contribution is -1.86. The second-order valence-electron chi connectivity index (χ2n) is 2.72. The second-order valence-corrected chi connectivity index (χ2v) is 3.53. The van der Waals surface area contributed by atoms with Gasteiger partial charge in [-0.1, -0.05) is 6.07 Å². The number of nitrogens with zero attached hydrogens (tertiary/aromatic N) is 1. The Morgan fingerprint density at radius 1 is 1.33 bits per heavy atom. The van der Waals surface area contributed by atoms with E-state index in [1.807, 2.05) is 12.1 Å². The monoisotopic (exact) mass is 269 g/mol. The SMILES string of the molecule is COc1cccc(Oc2nc(Br)co2)c1. The van der Waals surface area contributed by atoms with Crippen molar-refractivity contribution in [2.75, 3.05) is 7.11 Å². The lowest BCUT2D eigenvalue weighted by atomic mass is 10.3. The zero-order valence-corrected chi connectivity index (χ0v) is 9.52. The summed E-state index contributed by atoms with van der Waals surface area (Å²) < 4.78 is 16.0. The summed E-state index contributed by atoms with van der Waals surface area (Å²) in [5, 5.41) is 0. The zero-order chi connectivity index (χ0) is 10.7. The number of rotatable bonds is 3. The molecule has 5 heteroatoms. The summed E-state index contributed by atoms with van der Waals surface area (Å²) in [6.45, 7) is 0. The molecule has 2 rings (SSSR count). The van der Waals surface area contributed by atoms with Crippen molar-refractivity contribution in [1.82, 2.24) is 4.98 Å². The Labute approximate surface area is 95.0 Å². The van der Waals surface area contributed by atoms with Crippen LogP contribution in [-0.2, 0) is 0 Å². The van der Waals surface area contributed by atoms with E-state index in [-0.39, 0.29) is 6.08 Å². The van der Waals surface area contributed by atoms with E-state index in [1.165, 1.54) is 6.26 Å². The predicted molar refractivity (Wildman–Crippen MR) is 57.3 cm³/mol. The van der Waals surface area contributed by atoms with E-state index in [2.05, 4.69) is 20.9 Å². The molecule has 0 fully saturated rings. The molecule has 1 heterocycles. The smallest absolute Gasteiger partial charge is 0.400 e. The fourth-order valence-corrected chi connectivity index (χ4v) is 1.29. The molecule has 0 radical (unpaired) electrons. The largest absolute Gasteiger partial charge is 0.497 e. The van der Waals surface area contributed by atoms with Gasteiger partial charge >= 0.3 is 6.08 Å². The van der Waals surface area contributed by atoms with E-state index < -0.39 is 0 Å². The number of oxazole rings is 1. The third-order valence-electron chi connectivity index (χ3n) is 1.70. The van der Waals surface area contributed by atoms with Crippen LogP contribution in [0.4, 0.5) is 0 Å². The number of hydrogen-bond acceptors (Lipinski definition) is 4. The van der Waals surface area contributed by atoms with E-state index in [0.29, 0.717) is 10.4 Å². The highest BCUT2D eigenvalue weighted by molar-refractivity contribution is 9.10. The first-order valence-corrected chi connectivity index (χ1v) is 5.00. The molecular formula is C10H8BrNO3. The van der Waals surface area contributed by atoms with Crippen LogP contribution >= 0.6 is 15.9 Å². The van der Waals surface area contributed by atoms with Crippen LogP contribution in [0, 0.1) is 0 Å². The Balaban J connectivity index is 2.16. The molecule has 4 nitrogen and oxygen atoms in total. The van der Waals surface area contributed by atoms with Gasteiger partial charge in [0.1, 0.15) is 22.4 Å². The van der Waals surface area contributed by atoms with Crippen LogP contribution in [0.2, 0.25) is 0 Å². The molecule has 0 aliphatic heterocycles. The topological polar surface area (TPSA) is 44.5 Å². The van der Waals surface area contributed by atoms with Crippen molar-refractivity contribution in [3.05, 3.63) is 35.1 Å². The van der Waals surface area contributed by atoms with E-state index >= 15 is 0 Å². The summed E-state index contributed by atoms with van der Waals surface area (Å²) in [5.41, 5.74) is 0. The first-order chi connectivity index (χ1) is 7.28. The molecule has 0 bridgehead atoms. The van der Waals surface area contributed by atoms with Crippen molar-refractivity contribution < 1.29 is 13.9 Å². The standard InChI is InChI=1S/C10H8BrNO3/c1-13-7-3-2-4-8(5-7)15-10-12-9(11)6-14-10/h2-6H,1H3. The summed E-state index contributed by atoms with van der Waals surface area (Å²) in [7, 11) is 1.60. The molecule has 2 aromatic rings. The summed E-state index contributed by atoms with van der Waals surface area (Å²) in [6, 6.07) is 7.20. The molecule has 0 saturated heterocycles. The average molecular weight is 270 g/mol. The van der Waals surface area contributed by atoms with Gasteiger partial charge in [-0.15, -0.1) is 0 Å². The minimum Gasteiger partial charge on any atom is -0.497 e. The molecule has 78 valence electrons. The molecule has 1 aromatic heterocycles. The van der Waals surface area contributed by atoms with Gasteiger partial charge in [0.2, 0.25) is 0 Å². The van der Waals surface area contributed by atoms with Gasteiger partial charge in [-0.3, -0.25) is 0 Å². The van der Waals surface area contributed by atoms with Crippen molar-refractivity contribution in [3.8, 4) is 17.6 Å². The molecule has 0 unspecified atom stereocenters. The van der Waals surface area contributed by atoms with Crippen molar-refractivity contribution in [1.29, 1.82) is 0 Å². The Hall–Kier alpha value is -1.49. The van der Waals surface area contributed by atoms with Crippen LogP contribution in [0.1, 0.15) is 0 Å². The first kappa shape index (κ1) is 10.0. The van der Waals surface area contributed by atoms with Gasteiger partial charge in [0.15, 0.2) is 0 Å². The van der Waals surface area contributed by atoms with Crippen molar-refractivity contribution in [2.45, 2.75) is 0 Å². The maximum atomic E-state index is 5.35. The lowest BCUT2D eigenvalue weighted by Gasteiger charge is -2.02. The van der Waals surface area contributed by atoms with Crippen molar-refractivity contribution >= 4 is 15.9 Å². The molecule has 0 aliphatic rings. The van der Waals surface area contributed by atoms with Crippen LogP contribution < -0.4 is 9.47 Å². The molecule has 0 aliphatic carbocycles. The molecule has 0 saturated carbocycles. The summed E-state index contributed by atoms with van der Waals surface area (Å²) in [5.74, 6) is 1.34. The van der Waals surface area contributed by atoms with Gasteiger partial charge in [-0.2, -0.15) is 4.98 Å². The van der Waals surface area contributed by atoms with Gasteiger partial charge in [-0.25, -0.2) is 0 Å². The molecule has 1 aromatic carbocycles. The molecule has 15 heavy (non-hydrogen) atoms. The Kier molecular flexibility index (Phi) is 2.91. The lowest BCUT2D eigenvalue weighted by molar-refractivity contribution is 0.328. The molecule has 0 atom stereocenters. The van der Waals surface area contributed by atoms with Crippen LogP contribution in [0.15, 0.2) is 39.5 Å². The van der Waals surface area contributed by atoms with E-state index in [1.54, 1.807) is 19.2 Å². The molecular weight excluding hydrogens is 262 g/mol. The molecule has 0 N–H and O–H groups in total. The minimum absolute atomic E-state index is 0.190. The van der Waals surface area contributed by atoms with Gasteiger partial charge in [-0.05, 0) is 28.1 Å². The normalized spacial score (nSPS) is 10.0. The maximum Gasteiger partial charge on any atom is 0.400 e. The fourth-order valence-electron chi connectivity index (χ4n) is 1.05. The van der Waals surface area contributed by atoms with Gasteiger partial charge in [0.05, 0.1) is 7.11 Å². The number of hydrogen-bond donors (Lipinski definition) is 0. The third-order valence-corrected chi connectivity index (χ3v) is 2.07. The highest BCUT2D eigenvalue weighted by Gasteiger charge is 2.04. The number of halogens is 1. The number of aromatic nitrogens is 1. The second kappa shape index (κ2) is 4.35. The quantitative estimate of drug-likeness (QED) is 0.858. The fraction of sp³-hybridized carbons (Fsp3) is 0.100. The Morgan fingerprint density at radius 3 is 2.80 bits per heavy atom. The molecule has 0 spiro atoms. The summed E-state index contributed by atoms with van der Waals surface area (Å²) >= 11 is 3.16. The van der Waals surface area contributed by atoms with Crippen LogP contribution in [0.25, 0.3) is 0 Å². The van der Waals surface area contributed by atoms with Crippen LogP contribution in [0.3, 0.4) is 0 Å². The summed E-state index contributed by atoms with van der Waals surface area (Å²) in [6.07, 6.45) is 1.64. The highest BCUT2D eigenvalue weighted by atomic mass is 79.9. The zero-order valence-electron chi connectivity index (χ0n) is 7.94. The maximum absolute atomic E-state index is 5.35. The van der Waals surface area contributed by atoms with Gasteiger partial charge in [0, 0.05) is 6.07 Å². The number of ether oxygens (including phenoxy) is 2. The number of benzene rings is 1. The van der Waals surface area contributed by atoms with Gasteiger partial charge in [0.25, 0.3) is 0 Å². The number of methoxy groups -OCH3 is 1. The molecule has 0 amide bonds. The summed E-state index contributed by atoms with van der Waals surface area (Å²) in [4.78, 5) is 3.95. The van der Waals surface area contributed by atoms with E-state index in [4.69, 9.17) is 13.9 Å². The Bertz CT molecular complexity index is 455. The highest BCUT2D eigenvalue weighted by Crippen LogP contribution is 2.25. The Morgan fingerprint density at radius 2 is 2.13 bits per heavy atom.